The van der Waals surface area contributed by atoms with Gasteiger partial charge in [-0.3, -0.25) is 4.79 Å². The molecule has 0 spiro atoms. The van der Waals surface area contributed by atoms with Crippen molar-refractivity contribution in [2.24, 2.45) is 0 Å². The minimum absolute atomic E-state index is 0.0777. The van der Waals surface area contributed by atoms with Crippen molar-refractivity contribution in [2.45, 2.75) is 32.1 Å². The van der Waals surface area contributed by atoms with Crippen molar-refractivity contribution in [1.29, 1.82) is 0 Å². The molecule has 2 aliphatic rings. The lowest BCUT2D eigenvalue weighted by molar-refractivity contribution is -0.172. The van der Waals surface area contributed by atoms with Crippen molar-refractivity contribution < 1.29 is 19.0 Å². The molecule has 27 heavy (non-hydrogen) atoms. The van der Waals surface area contributed by atoms with Gasteiger partial charge in [0.25, 0.3) is 5.56 Å². The molecule has 3 aromatic rings. The summed E-state index contributed by atoms with van der Waals surface area (Å²) in [5.41, 5.74) is 0.300. The van der Waals surface area contributed by atoms with Crippen LogP contribution in [0.5, 0.6) is 0 Å². The number of halogens is 1. The Morgan fingerprint density at radius 1 is 1.33 bits per heavy atom. The molecule has 0 saturated heterocycles. The van der Waals surface area contributed by atoms with E-state index in [-0.39, 0.29) is 35.2 Å². The second-order valence-electron chi connectivity index (χ2n) is 6.91. The van der Waals surface area contributed by atoms with E-state index in [1.165, 1.54) is 10.6 Å². The molecule has 1 N–H and O–H groups in total. The number of cyclic esters (lactones) is 1. The Hall–Kier alpha value is -3.06. The first-order chi connectivity index (χ1) is 12.9. The van der Waals surface area contributed by atoms with Crippen molar-refractivity contribution >= 4 is 16.9 Å². The molecule has 4 heterocycles. The van der Waals surface area contributed by atoms with Crippen LogP contribution in [0.1, 0.15) is 30.0 Å². The number of para-hydroxylation sites is 1. The molecule has 6 nitrogen and oxygen atoms in total. The van der Waals surface area contributed by atoms with Gasteiger partial charge in [-0.1, -0.05) is 19.1 Å². The fraction of sp³-hybridized carbons (Fsp3) is 0.250. The van der Waals surface area contributed by atoms with Gasteiger partial charge in [-0.05, 0) is 24.6 Å². The first-order valence-corrected chi connectivity index (χ1v) is 8.69. The fourth-order valence-corrected chi connectivity index (χ4v) is 3.97. The lowest BCUT2D eigenvalue weighted by Crippen LogP contribution is -2.44. The summed E-state index contributed by atoms with van der Waals surface area (Å²) >= 11 is 0. The number of rotatable bonds is 1. The average Bonchev–Trinajstić information content (AvgIpc) is 3.02. The summed E-state index contributed by atoms with van der Waals surface area (Å²) in [5, 5.41) is 11.5. The van der Waals surface area contributed by atoms with Crippen LogP contribution in [-0.2, 0) is 28.3 Å². The molecule has 7 heteroatoms. The van der Waals surface area contributed by atoms with Crippen molar-refractivity contribution in [3.05, 3.63) is 63.2 Å². The van der Waals surface area contributed by atoms with Crippen LogP contribution in [0.15, 0.2) is 35.1 Å². The number of esters is 1. The molecule has 1 atom stereocenters. The molecule has 0 fully saturated rings. The van der Waals surface area contributed by atoms with Gasteiger partial charge in [0.1, 0.15) is 17.9 Å². The number of hydrogen-bond donors (Lipinski definition) is 1. The lowest BCUT2D eigenvalue weighted by atomic mass is 9.86. The third-order valence-electron chi connectivity index (χ3n) is 5.49. The molecule has 2 aromatic heterocycles. The van der Waals surface area contributed by atoms with Crippen LogP contribution in [0.3, 0.4) is 0 Å². The Bertz CT molecular complexity index is 1220. The maximum Gasteiger partial charge on any atom is 0.343 e. The molecule has 0 radical (unpaired) electrons. The van der Waals surface area contributed by atoms with E-state index in [1.54, 1.807) is 25.1 Å². The minimum Gasteiger partial charge on any atom is -0.458 e. The molecule has 2 aliphatic heterocycles. The average molecular weight is 366 g/mol. The number of aliphatic hydroxyl groups is 1. The van der Waals surface area contributed by atoms with Gasteiger partial charge in [0.05, 0.1) is 23.5 Å². The minimum atomic E-state index is -1.87. The molecule has 0 saturated carbocycles. The van der Waals surface area contributed by atoms with E-state index in [1.807, 2.05) is 6.07 Å². The topological polar surface area (TPSA) is 81.4 Å². The van der Waals surface area contributed by atoms with Gasteiger partial charge >= 0.3 is 5.97 Å². The molecular formula is C20H15FN2O4. The first-order valence-electron chi connectivity index (χ1n) is 8.69. The van der Waals surface area contributed by atoms with Crippen LogP contribution in [0.2, 0.25) is 0 Å². The summed E-state index contributed by atoms with van der Waals surface area (Å²) in [6.45, 7) is 1.78. The SMILES string of the molecule is CC[C@@]1(O)C(=O)OCc2c1cc1n(c2=O)Cc2cc3cccc(F)c3nc2-1. The number of carbonyl (C=O) groups is 1. The van der Waals surface area contributed by atoms with Crippen LogP contribution in [0.25, 0.3) is 22.3 Å². The number of pyridine rings is 2. The molecule has 0 aliphatic carbocycles. The van der Waals surface area contributed by atoms with Crippen LogP contribution in [0.4, 0.5) is 4.39 Å². The molecular weight excluding hydrogens is 351 g/mol. The summed E-state index contributed by atoms with van der Waals surface area (Å²) in [6.07, 6.45) is 0.0777. The second-order valence-corrected chi connectivity index (χ2v) is 6.91. The van der Waals surface area contributed by atoms with E-state index >= 15 is 0 Å². The molecule has 0 bridgehead atoms. The molecule has 0 amide bonds. The van der Waals surface area contributed by atoms with Crippen LogP contribution < -0.4 is 5.56 Å². The van der Waals surface area contributed by atoms with E-state index < -0.39 is 17.4 Å². The highest BCUT2D eigenvalue weighted by molar-refractivity contribution is 5.86. The summed E-state index contributed by atoms with van der Waals surface area (Å²) in [5.74, 6) is -1.21. The number of hydrogen-bond acceptors (Lipinski definition) is 5. The van der Waals surface area contributed by atoms with Gasteiger partial charge in [-0.15, -0.1) is 0 Å². The monoisotopic (exact) mass is 366 g/mol. The number of benzene rings is 1. The molecule has 0 unspecified atom stereocenters. The number of aromatic nitrogens is 2. The Morgan fingerprint density at radius 3 is 2.93 bits per heavy atom. The maximum atomic E-state index is 14.2. The zero-order chi connectivity index (χ0) is 18.9. The van der Waals surface area contributed by atoms with Gasteiger partial charge in [0.15, 0.2) is 5.60 Å². The standard InChI is InChI=1S/C20H15FN2O4/c1-2-20(26)13-7-15-17-11(6-10-4-3-5-14(21)16(10)22-17)8-23(15)18(24)12(13)9-27-19(20)25/h3-7,26H,2,8-9H2,1H3/t20-/m0/s1. The second kappa shape index (κ2) is 5.23. The fourth-order valence-electron chi connectivity index (χ4n) is 3.97. The molecule has 5 rings (SSSR count). The van der Waals surface area contributed by atoms with Gasteiger partial charge in [-0.25, -0.2) is 14.2 Å². The highest BCUT2D eigenvalue weighted by Crippen LogP contribution is 2.38. The Balaban J connectivity index is 1.82. The Labute approximate surface area is 152 Å². The maximum absolute atomic E-state index is 14.2. The van der Waals surface area contributed by atoms with Crippen LogP contribution >= 0.6 is 0 Å². The van der Waals surface area contributed by atoms with E-state index in [4.69, 9.17) is 4.74 Å². The lowest BCUT2D eigenvalue weighted by Gasteiger charge is -2.31. The molecule has 1 aromatic carbocycles. The number of nitrogens with zero attached hydrogens (tertiary/aromatic N) is 2. The highest BCUT2D eigenvalue weighted by atomic mass is 19.1. The number of ether oxygens (including phenoxy) is 1. The van der Waals surface area contributed by atoms with Gasteiger partial charge in [0.2, 0.25) is 0 Å². The van der Waals surface area contributed by atoms with E-state index in [0.717, 1.165) is 5.56 Å². The third-order valence-corrected chi connectivity index (χ3v) is 5.49. The predicted molar refractivity (Wildman–Crippen MR) is 94.5 cm³/mol. The van der Waals surface area contributed by atoms with E-state index in [9.17, 15) is 19.1 Å². The van der Waals surface area contributed by atoms with Crippen molar-refractivity contribution in [3.63, 3.8) is 0 Å². The number of carbonyl (C=O) groups excluding carboxylic acids is 1. The summed E-state index contributed by atoms with van der Waals surface area (Å²) in [6, 6.07) is 8.16. The van der Waals surface area contributed by atoms with Crippen molar-refractivity contribution in [2.75, 3.05) is 0 Å². The quantitative estimate of drug-likeness (QED) is 0.523. The number of fused-ring (bicyclic) bond motifs is 5. The zero-order valence-electron chi connectivity index (χ0n) is 14.5. The van der Waals surface area contributed by atoms with Crippen molar-refractivity contribution in [3.8, 4) is 11.4 Å². The van der Waals surface area contributed by atoms with Gasteiger partial charge < -0.3 is 14.4 Å². The zero-order valence-corrected chi connectivity index (χ0v) is 14.5. The first kappa shape index (κ1) is 16.1. The largest absolute Gasteiger partial charge is 0.458 e. The third kappa shape index (κ3) is 2.00. The molecule has 136 valence electrons. The summed E-state index contributed by atoms with van der Waals surface area (Å²) in [7, 11) is 0. The summed E-state index contributed by atoms with van der Waals surface area (Å²) in [4.78, 5) is 29.6. The smallest absolute Gasteiger partial charge is 0.343 e. The normalized spacial score (nSPS) is 20.2. The van der Waals surface area contributed by atoms with Gasteiger partial charge in [0, 0.05) is 16.5 Å². The predicted octanol–water partition coefficient (Wildman–Crippen LogP) is 2.22. The Kier molecular flexibility index (Phi) is 3.13. The summed E-state index contributed by atoms with van der Waals surface area (Å²) < 4.78 is 20.8. The van der Waals surface area contributed by atoms with Crippen molar-refractivity contribution in [1.82, 2.24) is 9.55 Å². The van der Waals surface area contributed by atoms with E-state index in [2.05, 4.69) is 4.98 Å². The highest BCUT2D eigenvalue weighted by Gasteiger charge is 2.45. The van der Waals surface area contributed by atoms with Crippen LogP contribution in [0, 0.1) is 5.82 Å². The van der Waals surface area contributed by atoms with Gasteiger partial charge in [-0.2, -0.15) is 0 Å². The van der Waals surface area contributed by atoms with Crippen LogP contribution in [-0.4, -0.2) is 20.6 Å². The Morgan fingerprint density at radius 2 is 2.15 bits per heavy atom. The van der Waals surface area contributed by atoms with E-state index in [0.29, 0.717) is 23.3 Å².